The van der Waals surface area contributed by atoms with Gasteiger partial charge in [-0.25, -0.2) is 0 Å². The van der Waals surface area contributed by atoms with E-state index in [1.807, 2.05) is 23.1 Å². The molecule has 3 aliphatic rings. The minimum Gasteiger partial charge on any atom is -0.369 e. The fraction of sp³-hybridized carbons (Fsp3) is 0.692. The molecule has 2 aliphatic heterocycles. The van der Waals surface area contributed by atoms with Crippen LogP contribution in [0.25, 0.3) is 0 Å². The summed E-state index contributed by atoms with van der Waals surface area (Å²) in [6.45, 7) is 12.0. The summed E-state index contributed by atoms with van der Waals surface area (Å²) in [6.07, 6.45) is 6.30. The Hall–Kier alpha value is -2.12. The number of rotatable bonds is 10. The third-order valence-corrected chi connectivity index (χ3v) is 7.26. The van der Waals surface area contributed by atoms with Gasteiger partial charge in [0.15, 0.2) is 0 Å². The highest BCUT2D eigenvalue weighted by molar-refractivity contribution is 5.95. The predicted octanol–water partition coefficient (Wildman–Crippen LogP) is 2.28. The van der Waals surface area contributed by atoms with Crippen LogP contribution in [0.1, 0.15) is 49.4 Å². The molecule has 182 valence electrons. The van der Waals surface area contributed by atoms with Crippen molar-refractivity contribution in [2.45, 2.75) is 39.0 Å². The molecule has 0 radical (unpaired) electrons. The van der Waals surface area contributed by atoms with Crippen LogP contribution in [-0.4, -0.2) is 98.5 Å². The third kappa shape index (κ3) is 7.18. The smallest absolute Gasteiger partial charge is 0.251 e. The largest absolute Gasteiger partial charge is 0.369 e. The lowest BCUT2D eigenvalue weighted by Crippen LogP contribution is -2.54. The van der Waals surface area contributed by atoms with Gasteiger partial charge in [0.25, 0.3) is 5.91 Å². The second kappa shape index (κ2) is 11.8. The van der Waals surface area contributed by atoms with E-state index in [9.17, 15) is 9.59 Å². The van der Waals surface area contributed by atoms with E-state index in [4.69, 9.17) is 0 Å². The zero-order valence-corrected chi connectivity index (χ0v) is 20.3. The molecule has 7 heteroatoms. The molecule has 0 bridgehead atoms. The second-order valence-corrected chi connectivity index (χ2v) is 9.90. The number of nitrogens with zero attached hydrogens (tertiary/aromatic N) is 4. The number of hydrogen-bond acceptors (Lipinski definition) is 5. The van der Waals surface area contributed by atoms with Gasteiger partial charge in [0.1, 0.15) is 0 Å². The van der Waals surface area contributed by atoms with Crippen LogP contribution >= 0.6 is 0 Å². The summed E-state index contributed by atoms with van der Waals surface area (Å²) in [5.74, 6) is 0.979. The molecule has 1 aromatic carbocycles. The monoisotopic (exact) mass is 455 g/mol. The molecule has 1 aromatic rings. The van der Waals surface area contributed by atoms with Crippen molar-refractivity contribution in [3.8, 4) is 0 Å². The van der Waals surface area contributed by atoms with Gasteiger partial charge in [0, 0.05) is 70.2 Å². The zero-order chi connectivity index (χ0) is 23.0. The number of carbonyl (C=O) groups is 2. The topological polar surface area (TPSA) is 59.1 Å². The van der Waals surface area contributed by atoms with Crippen molar-refractivity contribution in [1.82, 2.24) is 20.0 Å². The standard InChI is InChI=1S/C26H41N5O2/c1-2-3-4-10-28-11-17-31(18-12-28)25(32)21-29-13-15-30(16-14-29)24-7-5-6-23(19-24)26(33)27-20-22-8-9-22/h5-7,19,22H,2-4,8-18,20-21H2,1H3,(H,27,33). The van der Waals surface area contributed by atoms with Crippen LogP contribution in [0, 0.1) is 5.92 Å². The van der Waals surface area contributed by atoms with E-state index in [1.54, 1.807) is 0 Å². The van der Waals surface area contributed by atoms with Crippen molar-refractivity contribution >= 4 is 17.5 Å². The molecule has 1 saturated carbocycles. The SMILES string of the molecule is CCCCCN1CCN(C(=O)CN2CCN(c3cccc(C(=O)NCC4CC4)c3)CC2)CC1. The van der Waals surface area contributed by atoms with E-state index in [-0.39, 0.29) is 11.8 Å². The van der Waals surface area contributed by atoms with E-state index < -0.39 is 0 Å². The van der Waals surface area contributed by atoms with E-state index >= 15 is 0 Å². The zero-order valence-electron chi connectivity index (χ0n) is 20.3. The van der Waals surface area contributed by atoms with Crippen LogP contribution in [0.3, 0.4) is 0 Å². The molecule has 33 heavy (non-hydrogen) atoms. The summed E-state index contributed by atoms with van der Waals surface area (Å²) in [6, 6.07) is 7.95. The molecule has 0 spiro atoms. The molecule has 7 nitrogen and oxygen atoms in total. The van der Waals surface area contributed by atoms with Crippen molar-refractivity contribution < 1.29 is 9.59 Å². The Morgan fingerprint density at radius 1 is 0.939 bits per heavy atom. The molecule has 0 atom stereocenters. The summed E-state index contributed by atoms with van der Waals surface area (Å²) in [5, 5.41) is 3.06. The summed E-state index contributed by atoms with van der Waals surface area (Å²) in [5.41, 5.74) is 1.83. The van der Waals surface area contributed by atoms with Crippen LogP contribution in [0.2, 0.25) is 0 Å². The highest BCUT2D eigenvalue weighted by atomic mass is 16.2. The molecule has 2 saturated heterocycles. The summed E-state index contributed by atoms with van der Waals surface area (Å²) < 4.78 is 0. The average Bonchev–Trinajstić information content (AvgIpc) is 3.68. The fourth-order valence-corrected chi connectivity index (χ4v) is 4.77. The van der Waals surface area contributed by atoms with E-state index in [0.717, 1.165) is 70.2 Å². The first kappa shape index (κ1) is 24.0. The maximum atomic E-state index is 12.8. The molecule has 2 amide bonds. The van der Waals surface area contributed by atoms with Crippen molar-refractivity contribution in [3.05, 3.63) is 29.8 Å². The molecular formula is C26H41N5O2. The maximum Gasteiger partial charge on any atom is 0.251 e. The lowest BCUT2D eigenvalue weighted by Gasteiger charge is -2.38. The van der Waals surface area contributed by atoms with Gasteiger partial charge in [0.05, 0.1) is 6.54 Å². The van der Waals surface area contributed by atoms with Crippen LogP contribution in [0.4, 0.5) is 5.69 Å². The van der Waals surface area contributed by atoms with Crippen molar-refractivity contribution in [2.75, 3.05) is 76.9 Å². The van der Waals surface area contributed by atoms with Gasteiger partial charge in [0.2, 0.25) is 5.91 Å². The normalized spacial score (nSPS) is 20.2. The van der Waals surface area contributed by atoms with Crippen molar-refractivity contribution in [1.29, 1.82) is 0 Å². The Balaban J connectivity index is 1.18. The van der Waals surface area contributed by atoms with Gasteiger partial charge in [-0.1, -0.05) is 25.8 Å². The first-order valence-corrected chi connectivity index (χ1v) is 13.0. The molecule has 4 rings (SSSR count). The van der Waals surface area contributed by atoms with Crippen LogP contribution in [-0.2, 0) is 4.79 Å². The predicted molar refractivity (Wildman–Crippen MR) is 133 cm³/mol. The van der Waals surface area contributed by atoms with E-state index in [1.165, 1.54) is 38.6 Å². The number of amides is 2. The Kier molecular flexibility index (Phi) is 8.62. The summed E-state index contributed by atoms with van der Waals surface area (Å²) in [7, 11) is 0. The Bertz CT molecular complexity index is 781. The molecule has 3 fully saturated rings. The number of unbranched alkanes of at least 4 members (excludes halogenated alkanes) is 2. The number of anilines is 1. The minimum atomic E-state index is 0.0263. The molecule has 0 aromatic heterocycles. The second-order valence-electron chi connectivity index (χ2n) is 9.90. The molecule has 0 unspecified atom stereocenters. The third-order valence-electron chi connectivity index (χ3n) is 7.26. The number of carbonyl (C=O) groups excluding carboxylic acids is 2. The van der Waals surface area contributed by atoms with Gasteiger partial charge in [-0.15, -0.1) is 0 Å². The fourth-order valence-electron chi connectivity index (χ4n) is 4.77. The van der Waals surface area contributed by atoms with Gasteiger partial charge >= 0.3 is 0 Å². The van der Waals surface area contributed by atoms with Crippen LogP contribution < -0.4 is 10.2 Å². The first-order chi connectivity index (χ1) is 16.1. The highest BCUT2D eigenvalue weighted by Gasteiger charge is 2.25. The molecule has 1 N–H and O–H groups in total. The van der Waals surface area contributed by atoms with E-state index in [0.29, 0.717) is 12.5 Å². The van der Waals surface area contributed by atoms with Crippen LogP contribution in [0.5, 0.6) is 0 Å². The number of nitrogens with one attached hydrogen (secondary N) is 1. The van der Waals surface area contributed by atoms with Gasteiger partial charge in [-0.05, 0) is 49.9 Å². The average molecular weight is 456 g/mol. The van der Waals surface area contributed by atoms with Crippen molar-refractivity contribution in [3.63, 3.8) is 0 Å². The summed E-state index contributed by atoms with van der Waals surface area (Å²) >= 11 is 0. The minimum absolute atomic E-state index is 0.0263. The molecule has 2 heterocycles. The number of hydrogen-bond donors (Lipinski definition) is 1. The molecule has 1 aliphatic carbocycles. The van der Waals surface area contributed by atoms with Crippen molar-refractivity contribution in [2.24, 2.45) is 5.92 Å². The Morgan fingerprint density at radius 3 is 2.36 bits per heavy atom. The highest BCUT2D eigenvalue weighted by Crippen LogP contribution is 2.27. The van der Waals surface area contributed by atoms with Gasteiger partial charge < -0.3 is 15.1 Å². The van der Waals surface area contributed by atoms with Gasteiger partial charge in [-0.2, -0.15) is 0 Å². The Morgan fingerprint density at radius 2 is 1.67 bits per heavy atom. The maximum absolute atomic E-state index is 12.8. The number of piperazine rings is 2. The van der Waals surface area contributed by atoms with E-state index in [2.05, 4.69) is 33.0 Å². The lowest BCUT2D eigenvalue weighted by atomic mass is 10.1. The number of benzene rings is 1. The first-order valence-electron chi connectivity index (χ1n) is 13.0. The molecular weight excluding hydrogens is 414 g/mol. The Labute approximate surface area is 199 Å². The summed E-state index contributed by atoms with van der Waals surface area (Å²) in [4.78, 5) is 34.4. The van der Waals surface area contributed by atoms with Gasteiger partial charge in [-0.3, -0.25) is 19.4 Å². The van der Waals surface area contributed by atoms with Crippen LogP contribution in [0.15, 0.2) is 24.3 Å². The lowest BCUT2D eigenvalue weighted by molar-refractivity contribution is -0.134. The quantitative estimate of drug-likeness (QED) is 0.549.